The van der Waals surface area contributed by atoms with Gasteiger partial charge in [0.15, 0.2) is 5.82 Å². The van der Waals surface area contributed by atoms with E-state index >= 15 is 0 Å². The highest BCUT2D eigenvalue weighted by atomic mass is 16.4. The summed E-state index contributed by atoms with van der Waals surface area (Å²) in [6, 6.07) is 8.53. The first kappa shape index (κ1) is 16.7. The van der Waals surface area contributed by atoms with Crippen molar-refractivity contribution >= 4 is 11.9 Å². The smallest absolute Gasteiger partial charge is 0.326 e. The van der Waals surface area contributed by atoms with E-state index in [-0.39, 0.29) is 12.5 Å². The Bertz CT molecular complexity index is 667. The molecule has 1 amide bonds. The van der Waals surface area contributed by atoms with E-state index in [0.29, 0.717) is 12.2 Å². The Morgan fingerprint density at radius 2 is 1.96 bits per heavy atom. The molecule has 1 aromatic carbocycles. The van der Waals surface area contributed by atoms with Crippen LogP contribution in [0.1, 0.15) is 20.3 Å². The Kier molecular flexibility index (Phi) is 5.46. The maximum Gasteiger partial charge on any atom is 0.326 e. The van der Waals surface area contributed by atoms with E-state index in [2.05, 4.69) is 15.4 Å². The van der Waals surface area contributed by atoms with Crippen molar-refractivity contribution in [3.05, 3.63) is 36.7 Å². The van der Waals surface area contributed by atoms with Gasteiger partial charge in [-0.3, -0.25) is 4.79 Å². The maximum atomic E-state index is 12.0. The number of nitrogens with one attached hydrogen (secondary N) is 1. The lowest BCUT2D eigenvalue weighted by Gasteiger charge is -2.16. The summed E-state index contributed by atoms with van der Waals surface area (Å²) in [5, 5.41) is 15.9. The van der Waals surface area contributed by atoms with Crippen molar-refractivity contribution in [2.24, 2.45) is 5.92 Å². The molecule has 0 aliphatic rings. The van der Waals surface area contributed by atoms with Gasteiger partial charge in [-0.2, -0.15) is 5.10 Å². The van der Waals surface area contributed by atoms with E-state index in [9.17, 15) is 9.59 Å². The Morgan fingerprint density at radius 1 is 1.26 bits per heavy atom. The van der Waals surface area contributed by atoms with Crippen molar-refractivity contribution < 1.29 is 14.7 Å². The minimum absolute atomic E-state index is 0.0677. The van der Waals surface area contributed by atoms with Crippen molar-refractivity contribution in [1.82, 2.24) is 20.1 Å². The molecule has 1 unspecified atom stereocenters. The summed E-state index contributed by atoms with van der Waals surface area (Å²) in [4.78, 5) is 27.3. The molecule has 2 rings (SSSR count). The minimum Gasteiger partial charge on any atom is -0.480 e. The van der Waals surface area contributed by atoms with Crippen molar-refractivity contribution in [2.75, 3.05) is 0 Å². The van der Waals surface area contributed by atoms with Gasteiger partial charge in [0.1, 0.15) is 18.9 Å². The van der Waals surface area contributed by atoms with Crippen LogP contribution < -0.4 is 5.32 Å². The largest absolute Gasteiger partial charge is 0.480 e. The number of rotatable bonds is 7. The topological polar surface area (TPSA) is 97.1 Å². The van der Waals surface area contributed by atoms with Crippen LogP contribution in [0, 0.1) is 5.92 Å². The molecule has 0 radical (unpaired) electrons. The van der Waals surface area contributed by atoms with Crippen LogP contribution in [-0.2, 0) is 16.1 Å². The fraction of sp³-hybridized carbons (Fsp3) is 0.375. The number of aliphatic carboxylic acids is 1. The van der Waals surface area contributed by atoms with Crippen LogP contribution in [0.15, 0.2) is 36.7 Å². The normalized spacial score (nSPS) is 12.1. The summed E-state index contributed by atoms with van der Waals surface area (Å²) < 4.78 is 1.39. The molecule has 0 aliphatic heterocycles. The third-order valence-corrected chi connectivity index (χ3v) is 3.21. The molecule has 23 heavy (non-hydrogen) atoms. The summed E-state index contributed by atoms with van der Waals surface area (Å²) in [7, 11) is 0. The predicted octanol–water partition coefficient (Wildman–Crippen LogP) is 1.56. The monoisotopic (exact) mass is 316 g/mol. The Labute approximate surface area is 134 Å². The van der Waals surface area contributed by atoms with Gasteiger partial charge >= 0.3 is 5.97 Å². The van der Waals surface area contributed by atoms with Crippen LogP contribution in [0.2, 0.25) is 0 Å². The number of nitrogens with zero attached hydrogens (tertiary/aromatic N) is 3. The number of carboxylic acids is 1. The maximum absolute atomic E-state index is 12.0. The Morgan fingerprint density at radius 3 is 2.57 bits per heavy atom. The first-order chi connectivity index (χ1) is 11.0. The fourth-order valence-electron chi connectivity index (χ4n) is 2.17. The zero-order valence-corrected chi connectivity index (χ0v) is 13.1. The number of aromatic nitrogens is 3. The number of carboxylic acid groups (broad SMARTS) is 1. The van der Waals surface area contributed by atoms with E-state index in [1.807, 2.05) is 44.2 Å². The summed E-state index contributed by atoms with van der Waals surface area (Å²) in [6.07, 6.45) is 1.84. The third kappa shape index (κ3) is 4.91. The lowest BCUT2D eigenvalue weighted by molar-refractivity contribution is -0.142. The minimum atomic E-state index is -1.03. The molecule has 1 aromatic heterocycles. The number of hydrogen-bond acceptors (Lipinski definition) is 4. The van der Waals surface area contributed by atoms with Crippen LogP contribution in [0.3, 0.4) is 0 Å². The molecule has 0 aliphatic carbocycles. The molecule has 0 saturated heterocycles. The van der Waals surface area contributed by atoms with Gasteiger partial charge in [0.05, 0.1) is 0 Å². The Balaban J connectivity index is 1.98. The zero-order valence-electron chi connectivity index (χ0n) is 13.1. The third-order valence-electron chi connectivity index (χ3n) is 3.21. The first-order valence-corrected chi connectivity index (χ1v) is 7.42. The second-order valence-corrected chi connectivity index (χ2v) is 5.72. The van der Waals surface area contributed by atoms with Gasteiger partial charge in [0.2, 0.25) is 5.91 Å². The van der Waals surface area contributed by atoms with E-state index in [1.54, 1.807) is 0 Å². The highest BCUT2D eigenvalue weighted by molar-refractivity contribution is 5.83. The first-order valence-electron chi connectivity index (χ1n) is 7.42. The molecule has 0 fully saturated rings. The summed E-state index contributed by atoms with van der Waals surface area (Å²) in [6.45, 7) is 3.75. The highest BCUT2D eigenvalue weighted by Crippen LogP contribution is 2.12. The second-order valence-electron chi connectivity index (χ2n) is 5.72. The molecule has 2 aromatic rings. The van der Waals surface area contributed by atoms with Crippen LogP contribution in [0.5, 0.6) is 0 Å². The van der Waals surface area contributed by atoms with Gasteiger partial charge in [0.25, 0.3) is 0 Å². The van der Waals surface area contributed by atoms with Crippen molar-refractivity contribution in [1.29, 1.82) is 0 Å². The summed E-state index contributed by atoms with van der Waals surface area (Å²) in [5.41, 5.74) is 0.856. The number of amides is 1. The summed E-state index contributed by atoms with van der Waals surface area (Å²) >= 11 is 0. The molecule has 1 atom stereocenters. The molecule has 0 bridgehead atoms. The molecule has 7 nitrogen and oxygen atoms in total. The van der Waals surface area contributed by atoms with Gasteiger partial charge in [-0.1, -0.05) is 44.2 Å². The average molecular weight is 316 g/mol. The lowest BCUT2D eigenvalue weighted by Crippen LogP contribution is -2.43. The quantitative estimate of drug-likeness (QED) is 0.808. The number of benzene rings is 1. The van der Waals surface area contributed by atoms with E-state index < -0.39 is 17.9 Å². The van der Waals surface area contributed by atoms with Gasteiger partial charge < -0.3 is 10.4 Å². The van der Waals surface area contributed by atoms with Crippen LogP contribution in [0.25, 0.3) is 11.4 Å². The molecule has 1 heterocycles. The highest BCUT2D eigenvalue weighted by Gasteiger charge is 2.21. The van der Waals surface area contributed by atoms with Gasteiger partial charge in [-0.25, -0.2) is 14.5 Å². The van der Waals surface area contributed by atoms with E-state index in [0.717, 1.165) is 5.56 Å². The molecular formula is C16H20N4O3. The predicted molar refractivity (Wildman–Crippen MR) is 84.5 cm³/mol. The second kappa shape index (κ2) is 7.53. The average Bonchev–Trinajstić information content (AvgIpc) is 2.95. The van der Waals surface area contributed by atoms with Crippen LogP contribution in [-0.4, -0.2) is 37.8 Å². The molecule has 0 saturated carbocycles. The lowest BCUT2D eigenvalue weighted by atomic mass is 10.0. The molecule has 0 spiro atoms. The van der Waals surface area contributed by atoms with Crippen molar-refractivity contribution in [2.45, 2.75) is 32.9 Å². The van der Waals surface area contributed by atoms with Gasteiger partial charge in [-0.05, 0) is 12.3 Å². The molecule has 7 heteroatoms. The fourth-order valence-corrected chi connectivity index (χ4v) is 2.17. The van der Waals surface area contributed by atoms with Crippen molar-refractivity contribution in [3.8, 4) is 11.4 Å². The summed E-state index contributed by atoms with van der Waals surface area (Å²) in [5.74, 6) is -0.735. The van der Waals surface area contributed by atoms with Crippen molar-refractivity contribution in [3.63, 3.8) is 0 Å². The van der Waals surface area contributed by atoms with Crippen LogP contribution in [0.4, 0.5) is 0 Å². The number of carbonyl (C=O) groups is 2. The Hall–Kier alpha value is -2.70. The number of carbonyl (C=O) groups excluding carboxylic acids is 1. The molecule has 2 N–H and O–H groups in total. The zero-order chi connectivity index (χ0) is 16.8. The SMILES string of the molecule is CC(C)CC(NC(=O)Cn1cnc(-c2ccccc2)n1)C(=O)O. The van der Waals surface area contributed by atoms with Gasteiger partial charge in [-0.15, -0.1) is 0 Å². The van der Waals surface area contributed by atoms with E-state index in [4.69, 9.17) is 5.11 Å². The molecule has 122 valence electrons. The van der Waals surface area contributed by atoms with Crippen LogP contribution >= 0.6 is 0 Å². The van der Waals surface area contributed by atoms with Gasteiger partial charge in [0, 0.05) is 5.56 Å². The number of hydrogen-bond donors (Lipinski definition) is 2. The van der Waals surface area contributed by atoms with E-state index in [1.165, 1.54) is 11.0 Å². The standard InChI is InChI=1S/C16H20N4O3/c1-11(2)8-13(16(22)23)18-14(21)9-20-10-17-15(19-20)12-6-4-3-5-7-12/h3-7,10-11,13H,8-9H2,1-2H3,(H,18,21)(H,22,23). The molecular weight excluding hydrogens is 296 g/mol.